The molecule has 0 saturated heterocycles. The van der Waals surface area contributed by atoms with Crippen molar-refractivity contribution in [1.29, 1.82) is 0 Å². The standard InChI is InChI=1S/C16H18N2O3/c1-10(2)11-4-6-12(7-5-11)13-17-14(21-18-13)16(8-9-16)15(19)20-3/h4-7,10H,8-9H2,1-3H3. The van der Waals surface area contributed by atoms with Gasteiger partial charge in [0.25, 0.3) is 0 Å². The zero-order valence-corrected chi connectivity index (χ0v) is 12.4. The lowest BCUT2D eigenvalue weighted by Gasteiger charge is -2.06. The molecule has 110 valence electrons. The summed E-state index contributed by atoms with van der Waals surface area (Å²) in [5.41, 5.74) is 1.43. The van der Waals surface area contributed by atoms with Crippen LogP contribution in [0.25, 0.3) is 11.4 Å². The number of benzene rings is 1. The smallest absolute Gasteiger partial charge is 0.321 e. The van der Waals surface area contributed by atoms with Gasteiger partial charge in [-0.25, -0.2) is 0 Å². The maximum absolute atomic E-state index is 11.8. The van der Waals surface area contributed by atoms with Crippen LogP contribution in [-0.2, 0) is 14.9 Å². The second-order valence-electron chi connectivity index (χ2n) is 5.77. The molecule has 1 aliphatic rings. The van der Waals surface area contributed by atoms with Crippen molar-refractivity contribution < 1.29 is 14.1 Å². The number of aromatic nitrogens is 2. The van der Waals surface area contributed by atoms with Crippen molar-refractivity contribution in [2.24, 2.45) is 0 Å². The van der Waals surface area contributed by atoms with Crippen LogP contribution in [0.15, 0.2) is 28.8 Å². The van der Waals surface area contributed by atoms with Gasteiger partial charge in [-0.1, -0.05) is 43.3 Å². The van der Waals surface area contributed by atoms with Crippen LogP contribution in [0.4, 0.5) is 0 Å². The van der Waals surface area contributed by atoms with Crippen molar-refractivity contribution in [1.82, 2.24) is 10.1 Å². The summed E-state index contributed by atoms with van der Waals surface area (Å²) in [6.45, 7) is 4.29. The minimum Gasteiger partial charge on any atom is -0.468 e. The first-order chi connectivity index (χ1) is 10.1. The lowest BCUT2D eigenvalue weighted by atomic mass is 10.0. The Bertz CT molecular complexity index is 654. The largest absolute Gasteiger partial charge is 0.468 e. The fraction of sp³-hybridized carbons (Fsp3) is 0.438. The van der Waals surface area contributed by atoms with Crippen molar-refractivity contribution in [2.45, 2.75) is 38.0 Å². The number of nitrogens with zero attached hydrogens (tertiary/aromatic N) is 2. The molecule has 0 radical (unpaired) electrons. The van der Waals surface area contributed by atoms with Crippen LogP contribution >= 0.6 is 0 Å². The number of ether oxygens (including phenoxy) is 1. The van der Waals surface area contributed by atoms with E-state index in [9.17, 15) is 4.79 Å². The third-order valence-electron chi connectivity index (χ3n) is 4.00. The molecule has 1 aliphatic carbocycles. The molecule has 0 amide bonds. The van der Waals surface area contributed by atoms with Crippen LogP contribution in [0.5, 0.6) is 0 Å². The first kappa shape index (κ1) is 13.8. The Morgan fingerprint density at radius 1 is 1.29 bits per heavy atom. The van der Waals surface area contributed by atoms with Gasteiger partial charge >= 0.3 is 5.97 Å². The molecule has 0 N–H and O–H groups in total. The first-order valence-electron chi connectivity index (χ1n) is 7.10. The highest BCUT2D eigenvalue weighted by atomic mass is 16.5. The predicted octanol–water partition coefficient (Wildman–Crippen LogP) is 3.06. The quantitative estimate of drug-likeness (QED) is 0.808. The number of carbonyl (C=O) groups excluding carboxylic acids is 1. The number of carbonyl (C=O) groups is 1. The zero-order valence-electron chi connectivity index (χ0n) is 12.4. The molecule has 0 bridgehead atoms. The van der Waals surface area contributed by atoms with E-state index in [-0.39, 0.29) is 5.97 Å². The number of rotatable bonds is 4. The van der Waals surface area contributed by atoms with E-state index in [0.29, 0.717) is 30.5 Å². The average molecular weight is 286 g/mol. The summed E-state index contributed by atoms with van der Waals surface area (Å²) in [4.78, 5) is 16.2. The van der Waals surface area contributed by atoms with E-state index in [1.807, 2.05) is 12.1 Å². The molecule has 1 heterocycles. The van der Waals surface area contributed by atoms with E-state index in [2.05, 4.69) is 36.1 Å². The highest BCUT2D eigenvalue weighted by molar-refractivity contribution is 5.85. The van der Waals surface area contributed by atoms with Crippen molar-refractivity contribution in [3.05, 3.63) is 35.7 Å². The zero-order chi connectivity index (χ0) is 15.0. The Morgan fingerprint density at radius 2 is 1.95 bits per heavy atom. The number of esters is 1. The van der Waals surface area contributed by atoms with Gasteiger partial charge in [0, 0.05) is 5.56 Å². The molecule has 2 aromatic rings. The van der Waals surface area contributed by atoms with Crippen LogP contribution in [0.3, 0.4) is 0 Å². The maximum atomic E-state index is 11.8. The summed E-state index contributed by atoms with van der Waals surface area (Å²) in [6.07, 6.45) is 1.40. The van der Waals surface area contributed by atoms with Crippen LogP contribution < -0.4 is 0 Å². The molecular formula is C16H18N2O3. The van der Waals surface area contributed by atoms with Crippen LogP contribution in [-0.4, -0.2) is 23.2 Å². The Labute approximate surface area is 123 Å². The Morgan fingerprint density at radius 3 is 2.48 bits per heavy atom. The van der Waals surface area contributed by atoms with Gasteiger partial charge in [-0.15, -0.1) is 0 Å². The fourth-order valence-electron chi connectivity index (χ4n) is 2.38. The van der Waals surface area contributed by atoms with Gasteiger partial charge in [0.05, 0.1) is 7.11 Å². The van der Waals surface area contributed by atoms with E-state index in [4.69, 9.17) is 9.26 Å². The lowest BCUT2D eigenvalue weighted by Crippen LogP contribution is -2.22. The third-order valence-corrected chi connectivity index (χ3v) is 4.00. The maximum Gasteiger partial charge on any atom is 0.321 e. The SMILES string of the molecule is COC(=O)C1(c2nc(-c3ccc(C(C)C)cc3)no2)CC1. The van der Waals surface area contributed by atoms with Crippen molar-refractivity contribution >= 4 is 5.97 Å². The number of hydrogen-bond donors (Lipinski definition) is 0. The normalized spacial score (nSPS) is 16.0. The number of methoxy groups -OCH3 is 1. The summed E-state index contributed by atoms with van der Waals surface area (Å²) in [5, 5.41) is 3.99. The molecule has 1 aromatic carbocycles. The van der Waals surface area contributed by atoms with Crippen LogP contribution in [0.1, 0.15) is 44.1 Å². The molecule has 1 fully saturated rings. The summed E-state index contributed by atoms with van der Waals surface area (Å²) >= 11 is 0. The van der Waals surface area contributed by atoms with Crippen molar-refractivity contribution in [3.63, 3.8) is 0 Å². The molecule has 0 spiro atoms. The second-order valence-corrected chi connectivity index (χ2v) is 5.77. The van der Waals surface area contributed by atoms with Gasteiger partial charge in [0.1, 0.15) is 5.41 Å². The Balaban J connectivity index is 1.87. The Hall–Kier alpha value is -2.17. The van der Waals surface area contributed by atoms with E-state index >= 15 is 0 Å². The van der Waals surface area contributed by atoms with Gasteiger partial charge in [0.2, 0.25) is 11.7 Å². The molecular weight excluding hydrogens is 268 g/mol. The Kier molecular flexibility index (Phi) is 3.27. The van der Waals surface area contributed by atoms with E-state index in [1.54, 1.807) is 0 Å². The summed E-state index contributed by atoms with van der Waals surface area (Å²) in [5.74, 6) is 1.05. The number of hydrogen-bond acceptors (Lipinski definition) is 5. The predicted molar refractivity (Wildman–Crippen MR) is 76.8 cm³/mol. The van der Waals surface area contributed by atoms with Crippen LogP contribution in [0.2, 0.25) is 0 Å². The molecule has 1 aromatic heterocycles. The summed E-state index contributed by atoms with van der Waals surface area (Å²) < 4.78 is 10.1. The molecule has 21 heavy (non-hydrogen) atoms. The average Bonchev–Trinajstić information content (AvgIpc) is 3.17. The highest BCUT2D eigenvalue weighted by Crippen LogP contribution is 2.48. The van der Waals surface area contributed by atoms with E-state index in [0.717, 1.165) is 5.56 Å². The molecule has 5 nitrogen and oxygen atoms in total. The van der Waals surface area contributed by atoms with E-state index in [1.165, 1.54) is 12.7 Å². The van der Waals surface area contributed by atoms with Gasteiger partial charge in [-0.3, -0.25) is 4.79 Å². The van der Waals surface area contributed by atoms with Gasteiger partial charge < -0.3 is 9.26 Å². The second kappa shape index (κ2) is 4.98. The fourth-order valence-corrected chi connectivity index (χ4v) is 2.38. The van der Waals surface area contributed by atoms with Gasteiger partial charge in [0.15, 0.2) is 0 Å². The molecule has 0 unspecified atom stereocenters. The molecule has 5 heteroatoms. The highest BCUT2D eigenvalue weighted by Gasteiger charge is 2.57. The minimum absolute atomic E-state index is 0.298. The first-order valence-corrected chi connectivity index (χ1v) is 7.10. The van der Waals surface area contributed by atoms with E-state index < -0.39 is 5.41 Å². The summed E-state index contributed by atoms with van der Waals surface area (Å²) in [7, 11) is 1.38. The molecule has 0 aliphatic heterocycles. The van der Waals surface area contributed by atoms with Crippen molar-refractivity contribution in [3.8, 4) is 11.4 Å². The van der Waals surface area contributed by atoms with Crippen molar-refractivity contribution in [2.75, 3.05) is 7.11 Å². The van der Waals surface area contributed by atoms with Gasteiger partial charge in [-0.05, 0) is 24.3 Å². The monoisotopic (exact) mass is 286 g/mol. The topological polar surface area (TPSA) is 65.2 Å². The minimum atomic E-state index is -0.710. The van der Waals surface area contributed by atoms with Crippen LogP contribution in [0, 0.1) is 0 Å². The molecule has 3 rings (SSSR count). The lowest BCUT2D eigenvalue weighted by molar-refractivity contribution is -0.144. The summed E-state index contributed by atoms with van der Waals surface area (Å²) in [6, 6.07) is 8.07. The third kappa shape index (κ3) is 2.33. The molecule has 1 saturated carbocycles. The van der Waals surface area contributed by atoms with Gasteiger partial charge in [-0.2, -0.15) is 4.98 Å². The molecule has 0 atom stereocenters.